The Morgan fingerprint density at radius 2 is 2.13 bits per heavy atom. The van der Waals surface area contributed by atoms with Crippen LogP contribution >= 0.6 is 34.4 Å². The average molecular weight is 366 g/mol. The van der Waals surface area contributed by atoms with Gasteiger partial charge in [0.05, 0.1) is 24.5 Å². The molecule has 0 aromatic carbocycles. The van der Waals surface area contributed by atoms with E-state index in [0.29, 0.717) is 12.0 Å². The molecule has 3 aliphatic heterocycles. The minimum absolute atomic E-state index is 0.0843. The van der Waals surface area contributed by atoms with Gasteiger partial charge in [-0.3, -0.25) is 4.79 Å². The van der Waals surface area contributed by atoms with Gasteiger partial charge in [-0.1, -0.05) is 11.8 Å². The normalized spacial score (nSPS) is 26.4. The van der Waals surface area contributed by atoms with Crippen molar-refractivity contribution in [3.05, 3.63) is 28.2 Å². The number of carbonyl (C=O) groups excluding carboxylic acids is 1. The largest absolute Gasteiger partial charge is 0.347 e. The number of rotatable bonds is 4. The van der Waals surface area contributed by atoms with E-state index in [0.717, 1.165) is 20.6 Å². The molecule has 2 aromatic rings. The van der Waals surface area contributed by atoms with E-state index in [1.807, 2.05) is 25.3 Å². The van der Waals surface area contributed by atoms with E-state index in [2.05, 4.69) is 15.2 Å². The van der Waals surface area contributed by atoms with Crippen molar-refractivity contribution >= 4 is 40.3 Å². The molecule has 0 unspecified atom stereocenters. The number of hydrogen-bond donors (Lipinski definition) is 1. The number of fused-ring (bicyclic) bond motifs is 3. The van der Waals surface area contributed by atoms with Gasteiger partial charge in [0.2, 0.25) is 0 Å². The maximum Gasteiger partial charge on any atom is 0.261 e. The summed E-state index contributed by atoms with van der Waals surface area (Å²) in [6.45, 7) is 5.43. The van der Waals surface area contributed by atoms with Crippen molar-refractivity contribution in [3.63, 3.8) is 0 Å². The fourth-order valence-corrected chi connectivity index (χ4v) is 6.60. The number of thiophene rings is 1. The first-order valence-corrected chi connectivity index (χ1v) is 10.4. The van der Waals surface area contributed by atoms with E-state index in [1.54, 1.807) is 34.4 Å². The Morgan fingerprint density at radius 1 is 1.30 bits per heavy atom. The van der Waals surface area contributed by atoms with Gasteiger partial charge in [-0.2, -0.15) is 0 Å². The Balaban J connectivity index is 1.39. The van der Waals surface area contributed by atoms with Crippen LogP contribution in [0, 0.1) is 12.8 Å². The summed E-state index contributed by atoms with van der Waals surface area (Å²) in [7, 11) is 0. The van der Waals surface area contributed by atoms with Crippen molar-refractivity contribution in [1.29, 1.82) is 0 Å². The molecule has 3 aliphatic rings. The van der Waals surface area contributed by atoms with Crippen LogP contribution in [0.3, 0.4) is 0 Å². The molecule has 1 amide bonds. The minimum atomic E-state index is 0.0843. The van der Waals surface area contributed by atoms with E-state index < -0.39 is 0 Å². The molecule has 3 saturated heterocycles. The molecule has 122 valence electrons. The second kappa shape index (κ2) is 6.55. The van der Waals surface area contributed by atoms with E-state index in [9.17, 15) is 4.79 Å². The van der Waals surface area contributed by atoms with Gasteiger partial charge < -0.3 is 10.2 Å². The summed E-state index contributed by atoms with van der Waals surface area (Å²) < 4.78 is 2.32. The van der Waals surface area contributed by atoms with Gasteiger partial charge in [-0.05, 0) is 50.9 Å². The number of amides is 1. The Kier molecular flexibility index (Phi) is 4.45. The summed E-state index contributed by atoms with van der Waals surface area (Å²) in [5.41, 5.74) is 0. The van der Waals surface area contributed by atoms with Crippen LogP contribution in [0.25, 0.3) is 0 Å². The maximum absolute atomic E-state index is 12.5. The van der Waals surface area contributed by atoms with Crippen LogP contribution in [-0.2, 0) is 0 Å². The predicted octanol–water partition coefficient (Wildman–Crippen LogP) is 3.49. The van der Waals surface area contributed by atoms with Gasteiger partial charge in [-0.25, -0.2) is 4.98 Å². The molecule has 0 aliphatic carbocycles. The molecule has 2 bridgehead atoms. The van der Waals surface area contributed by atoms with E-state index in [1.165, 1.54) is 30.1 Å². The predicted molar refractivity (Wildman–Crippen MR) is 95.7 cm³/mol. The molecular weight excluding hydrogens is 346 g/mol. The second-order valence-electron chi connectivity index (χ2n) is 6.14. The number of piperidine rings is 3. The molecule has 0 saturated carbocycles. The number of hydrogen-bond acceptors (Lipinski definition) is 6. The third kappa shape index (κ3) is 3.47. The van der Waals surface area contributed by atoms with Crippen molar-refractivity contribution in [2.75, 3.05) is 19.6 Å². The summed E-state index contributed by atoms with van der Waals surface area (Å²) in [6.07, 6.45) is 4.35. The highest BCUT2D eigenvalue weighted by Gasteiger charge is 2.35. The Hall–Kier alpha value is -0.890. The average Bonchev–Trinajstić information content (AvgIpc) is 3.18. The van der Waals surface area contributed by atoms with E-state index in [-0.39, 0.29) is 5.91 Å². The summed E-state index contributed by atoms with van der Waals surface area (Å²) in [4.78, 5) is 20.1. The molecule has 5 heterocycles. The summed E-state index contributed by atoms with van der Waals surface area (Å²) in [5.74, 6) is 0.749. The molecule has 7 heteroatoms. The molecule has 4 nitrogen and oxygen atoms in total. The number of nitrogens with one attached hydrogen (secondary N) is 1. The smallest absolute Gasteiger partial charge is 0.261 e. The Labute approximate surface area is 148 Å². The molecule has 0 spiro atoms. The number of aromatic nitrogens is 1. The minimum Gasteiger partial charge on any atom is -0.347 e. The molecular formula is C16H19N3OS3. The lowest BCUT2D eigenvalue weighted by atomic mass is 9.84. The van der Waals surface area contributed by atoms with Crippen molar-refractivity contribution in [2.24, 2.45) is 5.92 Å². The topological polar surface area (TPSA) is 45.2 Å². The SMILES string of the molecule is Cc1ncc(Sc2ccc(C(=O)N[C@H]3CN4CCC3CC4)s2)s1. The Morgan fingerprint density at radius 3 is 2.78 bits per heavy atom. The zero-order valence-electron chi connectivity index (χ0n) is 12.9. The lowest BCUT2D eigenvalue weighted by molar-refractivity contribution is 0.0622. The maximum atomic E-state index is 12.5. The quantitative estimate of drug-likeness (QED) is 0.901. The van der Waals surface area contributed by atoms with Crippen molar-refractivity contribution < 1.29 is 4.79 Å². The highest BCUT2D eigenvalue weighted by molar-refractivity contribution is 8.02. The fraction of sp³-hybridized carbons (Fsp3) is 0.500. The zero-order chi connectivity index (χ0) is 15.8. The summed E-state index contributed by atoms with van der Waals surface area (Å²) in [5, 5.41) is 4.33. The highest BCUT2D eigenvalue weighted by Crippen LogP contribution is 2.36. The number of nitrogens with zero attached hydrogens (tertiary/aromatic N) is 2. The third-order valence-electron chi connectivity index (χ3n) is 4.58. The number of aryl methyl sites for hydroxylation is 1. The molecule has 2 aromatic heterocycles. The van der Waals surface area contributed by atoms with Crippen molar-refractivity contribution in [1.82, 2.24) is 15.2 Å². The first-order valence-electron chi connectivity index (χ1n) is 7.91. The van der Waals surface area contributed by atoms with Crippen LogP contribution in [-0.4, -0.2) is 41.5 Å². The number of thiazole rings is 1. The van der Waals surface area contributed by atoms with Gasteiger partial charge in [0.1, 0.15) is 0 Å². The molecule has 1 atom stereocenters. The lowest BCUT2D eigenvalue weighted by Crippen LogP contribution is -2.57. The van der Waals surface area contributed by atoms with E-state index in [4.69, 9.17) is 0 Å². The number of carbonyl (C=O) groups is 1. The van der Waals surface area contributed by atoms with Gasteiger partial charge >= 0.3 is 0 Å². The monoisotopic (exact) mass is 365 g/mol. The first-order chi connectivity index (χ1) is 11.2. The van der Waals surface area contributed by atoms with Crippen LogP contribution in [0.2, 0.25) is 0 Å². The fourth-order valence-electron chi connectivity index (χ4n) is 3.35. The zero-order valence-corrected chi connectivity index (χ0v) is 15.4. The van der Waals surface area contributed by atoms with Crippen LogP contribution in [0.15, 0.2) is 26.7 Å². The standard InChI is InChI=1S/C16H19N3OS3/c1-10-17-8-15(21-10)23-14-3-2-13(22-14)16(20)18-12-9-19-6-4-11(12)5-7-19/h2-3,8,11-12H,4-7,9H2,1H3,(H,18,20)/t12-/m0/s1. The van der Waals surface area contributed by atoms with Crippen LogP contribution < -0.4 is 5.32 Å². The first kappa shape index (κ1) is 15.6. The van der Waals surface area contributed by atoms with Crippen LogP contribution in [0.1, 0.15) is 27.5 Å². The van der Waals surface area contributed by atoms with Gasteiger partial charge in [0, 0.05) is 12.6 Å². The van der Waals surface area contributed by atoms with Gasteiger partial charge in [-0.15, -0.1) is 22.7 Å². The van der Waals surface area contributed by atoms with Gasteiger partial charge in [0.15, 0.2) is 0 Å². The molecule has 3 fully saturated rings. The molecule has 0 radical (unpaired) electrons. The molecule has 5 rings (SSSR count). The molecule has 1 N–H and O–H groups in total. The van der Waals surface area contributed by atoms with Crippen LogP contribution in [0.4, 0.5) is 0 Å². The lowest BCUT2D eigenvalue weighted by Gasteiger charge is -2.44. The van der Waals surface area contributed by atoms with E-state index >= 15 is 0 Å². The highest BCUT2D eigenvalue weighted by atomic mass is 32.2. The van der Waals surface area contributed by atoms with Gasteiger partial charge in [0.25, 0.3) is 5.91 Å². The second-order valence-corrected chi connectivity index (χ2v) is 10.1. The Bertz CT molecular complexity index is 703. The summed E-state index contributed by atoms with van der Waals surface area (Å²) in [6, 6.07) is 4.31. The summed E-state index contributed by atoms with van der Waals surface area (Å²) >= 11 is 4.95. The van der Waals surface area contributed by atoms with Crippen molar-refractivity contribution in [3.8, 4) is 0 Å². The molecule has 23 heavy (non-hydrogen) atoms. The van der Waals surface area contributed by atoms with Crippen molar-refractivity contribution in [2.45, 2.75) is 34.2 Å². The third-order valence-corrected chi connectivity index (χ3v) is 7.81. The van der Waals surface area contributed by atoms with Crippen LogP contribution in [0.5, 0.6) is 0 Å².